The highest BCUT2D eigenvalue weighted by Gasteiger charge is 2.07. The first-order valence-electron chi connectivity index (χ1n) is 8.89. The number of carbonyl (C=O) groups is 1. The Kier molecular flexibility index (Phi) is 6.61. The van der Waals surface area contributed by atoms with Crippen molar-refractivity contribution in [2.75, 3.05) is 29.0 Å². The zero-order chi connectivity index (χ0) is 20.5. The molecule has 2 aromatic heterocycles. The number of nitro groups is 1. The summed E-state index contributed by atoms with van der Waals surface area (Å²) in [5, 5.41) is 19.5. The number of nitrogens with one attached hydrogen (secondary N) is 3. The van der Waals surface area contributed by atoms with E-state index in [0.29, 0.717) is 36.2 Å². The van der Waals surface area contributed by atoms with Gasteiger partial charge in [0.15, 0.2) is 0 Å². The van der Waals surface area contributed by atoms with E-state index in [2.05, 4.69) is 30.9 Å². The number of rotatable bonds is 9. The molecule has 0 unspecified atom stereocenters. The standard InChI is InChI=1S/C19H19N7O3/c27-18(14-5-2-1-3-6-14)24-17-9-12-22-19(25-17)21-11-4-10-20-16-8-7-15(13-23-16)26(28)29/h1-3,5-9,12-13H,4,10-11H2,(H,20,23)(H2,21,22,24,25,27). The molecule has 29 heavy (non-hydrogen) atoms. The van der Waals surface area contributed by atoms with Gasteiger partial charge in [0, 0.05) is 30.9 Å². The average Bonchev–Trinajstić information content (AvgIpc) is 2.75. The highest BCUT2D eigenvalue weighted by atomic mass is 16.6. The largest absolute Gasteiger partial charge is 0.370 e. The molecular weight excluding hydrogens is 374 g/mol. The van der Waals surface area contributed by atoms with Crippen molar-refractivity contribution in [3.8, 4) is 0 Å². The van der Waals surface area contributed by atoms with Gasteiger partial charge in [-0.25, -0.2) is 9.97 Å². The van der Waals surface area contributed by atoms with Gasteiger partial charge >= 0.3 is 0 Å². The molecule has 3 N–H and O–H groups in total. The minimum atomic E-state index is -0.489. The Morgan fingerprint density at radius 3 is 2.48 bits per heavy atom. The molecule has 0 saturated heterocycles. The number of hydrogen-bond acceptors (Lipinski definition) is 8. The summed E-state index contributed by atoms with van der Waals surface area (Å²) in [7, 11) is 0. The first-order valence-corrected chi connectivity index (χ1v) is 8.89. The fourth-order valence-electron chi connectivity index (χ4n) is 2.40. The highest BCUT2D eigenvalue weighted by molar-refractivity contribution is 6.03. The van der Waals surface area contributed by atoms with Gasteiger partial charge in [0.25, 0.3) is 11.6 Å². The molecule has 10 nitrogen and oxygen atoms in total. The fourth-order valence-corrected chi connectivity index (χ4v) is 2.40. The number of nitrogens with zero attached hydrogens (tertiary/aromatic N) is 4. The van der Waals surface area contributed by atoms with Crippen LogP contribution in [0.5, 0.6) is 0 Å². The summed E-state index contributed by atoms with van der Waals surface area (Å²) in [5.41, 5.74) is 0.500. The number of carbonyl (C=O) groups excluding carboxylic acids is 1. The molecule has 1 amide bonds. The molecule has 10 heteroatoms. The Morgan fingerprint density at radius 2 is 1.76 bits per heavy atom. The molecule has 3 aromatic rings. The fraction of sp³-hybridized carbons (Fsp3) is 0.158. The Balaban J connectivity index is 1.42. The van der Waals surface area contributed by atoms with E-state index in [1.165, 1.54) is 12.3 Å². The van der Waals surface area contributed by atoms with Gasteiger partial charge in [-0.05, 0) is 30.7 Å². The number of anilines is 3. The number of hydrogen-bond donors (Lipinski definition) is 3. The number of amides is 1. The van der Waals surface area contributed by atoms with Crippen LogP contribution in [0.3, 0.4) is 0 Å². The molecule has 2 heterocycles. The molecule has 3 rings (SSSR count). The van der Waals surface area contributed by atoms with Crippen molar-refractivity contribution in [2.24, 2.45) is 0 Å². The lowest BCUT2D eigenvalue weighted by Crippen LogP contribution is -2.15. The zero-order valence-electron chi connectivity index (χ0n) is 15.4. The van der Waals surface area contributed by atoms with Crippen LogP contribution in [0.4, 0.5) is 23.3 Å². The molecule has 0 spiro atoms. The monoisotopic (exact) mass is 393 g/mol. The van der Waals surface area contributed by atoms with Crippen LogP contribution < -0.4 is 16.0 Å². The van der Waals surface area contributed by atoms with E-state index in [1.54, 1.807) is 42.6 Å². The second kappa shape index (κ2) is 9.74. The van der Waals surface area contributed by atoms with E-state index in [9.17, 15) is 14.9 Å². The molecule has 0 aliphatic rings. The van der Waals surface area contributed by atoms with Crippen molar-refractivity contribution < 1.29 is 9.72 Å². The van der Waals surface area contributed by atoms with E-state index in [-0.39, 0.29) is 11.6 Å². The third-order valence-corrected chi connectivity index (χ3v) is 3.83. The smallest absolute Gasteiger partial charge is 0.287 e. The summed E-state index contributed by atoms with van der Waals surface area (Å²) in [5.74, 6) is 1.14. The summed E-state index contributed by atoms with van der Waals surface area (Å²) in [4.78, 5) is 34.7. The Labute approximate surface area is 166 Å². The Hall–Kier alpha value is -4.08. The first kappa shape index (κ1) is 19.7. The van der Waals surface area contributed by atoms with Gasteiger partial charge in [0.1, 0.15) is 17.8 Å². The first-order chi connectivity index (χ1) is 14.1. The van der Waals surface area contributed by atoms with Gasteiger partial charge in [-0.1, -0.05) is 18.2 Å². The van der Waals surface area contributed by atoms with Crippen molar-refractivity contribution in [1.82, 2.24) is 15.0 Å². The highest BCUT2D eigenvalue weighted by Crippen LogP contribution is 2.12. The molecule has 1 aromatic carbocycles. The normalized spacial score (nSPS) is 10.2. The van der Waals surface area contributed by atoms with Crippen LogP contribution in [0.25, 0.3) is 0 Å². The number of pyridine rings is 1. The van der Waals surface area contributed by atoms with Gasteiger partial charge in [-0.3, -0.25) is 14.9 Å². The number of benzene rings is 1. The van der Waals surface area contributed by atoms with Crippen molar-refractivity contribution in [1.29, 1.82) is 0 Å². The van der Waals surface area contributed by atoms with E-state index >= 15 is 0 Å². The van der Waals surface area contributed by atoms with Crippen molar-refractivity contribution >= 4 is 29.2 Å². The van der Waals surface area contributed by atoms with Gasteiger partial charge in [0.05, 0.1) is 4.92 Å². The summed E-state index contributed by atoms with van der Waals surface area (Å²) in [6, 6.07) is 13.5. The maximum atomic E-state index is 12.2. The predicted octanol–water partition coefficient (Wildman–Crippen LogP) is 2.95. The van der Waals surface area contributed by atoms with Crippen LogP contribution >= 0.6 is 0 Å². The van der Waals surface area contributed by atoms with Crippen molar-refractivity contribution in [3.63, 3.8) is 0 Å². The van der Waals surface area contributed by atoms with Crippen LogP contribution in [0.1, 0.15) is 16.8 Å². The van der Waals surface area contributed by atoms with Crippen LogP contribution in [-0.4, -0.2) is 38.9 Å². The van der Waals surface area contributed by atoms with Gasteiger partial charge in [-0.15, -0.1) is 0 Å². The SMILES string of the molecule is O=C(Nc1ccnc(NCCCNc2ccc([N+](=O)[O-])cn2)n1)c1ccccc1. The van der Waals surface area contributed by atoms with E-state index in [4.69, 9.17) is 0 Å². The molecule has 0 bridgehead atoms. The molecule has 0 aliphatic carbocycles. The quantitative estimate of drug-likeness (QED) is 0.287. The summed E-state index contributed by atoms with van der Waals surface area (Å²) >= 11 is 0. The lowest BCUT2D eigenvalue weighted by Gasteiger charge is -2.08. The van der Waals surface area contributed by atoms with Crippen molar-refractivity contribution in [2.45, 2.75) is 6.42 Å². The maximum absolute atomic E-state index is 12.2. The molecular formula is C19H19N7O3. The predicted molar refractivity (Wildman–Crippen MR) is 109 cm³/mol. The average molecular weight is 393 g/mol. The van der Waals surface area contributed by atoms with Crippen LogP contribution in [0.15, 0.2) is 60.9 Å². The van der Waals surface area contributed by atoms with E-state index < -0.39 is 4.92 Å². The third-order valence-electron chi connectivity index (χ3n) is 3.83. The minimum absolute atomic E-state index is 0.0476. The lowest BCUT2D eigenvalue weighted by molar-refractivity contribution is -0.385. The van der Waals surface area contributed by atoms with E-state index in [1.807, 2.05) is 6.07 Å². The van der Waals surface area contributed by atoms with Crippen LogP contribution in [-0.2, 0) is 0 Å². The van der Waals surface area contributed by atoms with Crippen LogP contribution in [0.2, 0.25) is 0 Å². The lowest BCUT2D eigenvalue weighted by atomic mass is 10.2. The summed E-state index contributed by atoms with van der Waals surface area (Å²) < 4.78 is 0. The van der Waals surface area contributed by atoms with E-state index in [0.717, 1.165) is 6.42 Å². The molecule has 0 atom stereocenters. The van der Waals surface area contributed by atoms with Crippen LogP contribution in [0, 0.1) is 10.1 Å². The molecule has 0 radical (unpaired) electrons. The molecule has 0 aliphatic heterocycles. The molecule has 0 saturated carbocycles. The van der Waals surface area contributed by atoms with Crippen molar-refractivity contribution in [3.05, 3.63) is 76.6 Å². The number of aromatic nitrogens is 3. The Bertz CT molecular complexity index is 965. The van der Waals surface area contributed by atoms with Gasteiger partial charge < -0.3 is 16.0 Å². The molecule has 148 valence electrons. The topological polar surface area (TPSA) is 135 Å². The minimum Gasteiger partial charge on any atom is -0.370 e. The van der Waals surface area contributed by atoms with Gasteiger partial charge in [-0.2, -0.15) is 4.98 Å². The summed E-state index contributed by atoms with van der Waals surface area (Å²) in [6.07, 6.45) is 3.52. The molecule has 0 fully saturated rings. The van der Waals surface area contributed by atoms with Gasteiger partial charge in [0.2, 0.25) is 5.95 Å². The zero-order valence-corrected chi connectivity index (χ0v) is 15.4. The second-order valence-corrected chi connectivity index (χ2v) is 5.95. The third kappa shape index (κ3) is 5.96. The maximum Gasteiger partial charge on any atom is 0.287 e. The summed E-state index contributed by atoms with van der Waals surface area (Å²) in [6.45, 7) is 1.21. The second-order valence-electron chi connectivity index (χ2n) is 5.95. The Morgan fingerprint density at radius 1 is 0.966 bits per heavy atom.